The summed E-state index contributed by atoms with van der Waals surface area (Å²) in [6.07, 6.45) is 1.96. The molecule has 1 aliphatic rings. The third-order valence-electron chi connectivity index (χ3n) is 5.97. The Hall–Kier alpha value is -2.53. The van der Waals surface area contributed by atoms with E-state index in [2.05, 4.69) is 97.6 Å². The summed E-state index contributed by atoms with van der Waals surface area (Å²) in [6, 6.07) is 15.1. The van der Waals surface area contributed by atoms with Gasteiger partial charge < -0.3 is 0 Å². The van der Waals surface area contributed by atoms with Crippen LogP contribution in [0.25, 0.3) is 5.69 Å². The van der Waals surface area contributed by atoms with Gasteiger partial charge in [0.2, 0.25) is 0 Å². The Morgan fingerprint density at radius 2 is 1.89 bits per heavy atom. The smallest absolute Gasteiger partial charge is 0.178 e. The van der Waals surface area contributed by atoms with E-state index in [1.54, 1.807) is 0 Å². The molecule has 3 aromatic rings. The van der Waals surface area contributed by atoms with E-state index >= 15 is 0 Å². The average Bonchev–Trinajstić information content (AvgIpc) is 3.11. The number of aryl methyl sites for hydroxylation is 2. The monoisotopic (exact) mass is 361 g/mol. The van der Waals surface area contributed by atoms with E-state index in [1.807, 2.05) is 4.68 Å². The molecule has 0 N–H and O–H groups in total. The number of benzene rings is 2. The van der Waals surface area contributed by atoms with Gasteiger partial charge in [-0.1, -0.05) is 49.4 Å². The zero-order valence-corrected chi connectivity index (χ0v) is 16.8. The van der Waals surface area contributed by atoms with Crippen LogP contribution in [0, 0.1) is 6.92 Å². The Labute approximate surface area is 161 Å². The highest BCUT2D eigenvalue weighted by Gasteiger charge is 2.40. The van der Waals surface area contributed by atoms with Crippen molar-refractivity contribution in [2.75, 3.05) is 7.05 Å². The molecule has 0 unspecified atom stereocenters. The number of hydrogen-bond donors (Lipinski definition) is 0. The van der Waals surface area contributed by atoms with Crippen molar-refractivity contribution in [3.63, 3.8) is 0 Å². The third kappa shape index (κ3) is 2.86. The molecule has 0 saturated heterocycles. The fourth-order valence-corrected chi connectivity index (χ4v) is 4.25. The Kier molecular flexibility index (Phi) is 4.35. The van der Waals surface area contributed by atoms with Crippen LogP contribution in [0.2, 0.25) is 0 Å². The van der Waals surface area contributed by atoms with Gasteiger partial charge >= 0.3 is 0 Å². The molecule has 0 fully saturated rings. The van der Waals surface area contributed by atoms with Crippen molar-refractivity contribution in [1.29, 1.82) is 0 Å². The van der Waals surface area contributed by atoms with Crippen LogP contribution < -0.4 is 0 Å². The first-order valence-electron chi connectivity index (χ1n) is 9.62. The van der Waals surface area contributed by atoms with Crippen molar-refractivity contribution in [2.45, 2.75) is 52.1 Å². The molecule has 140 valence electrons. The topological polar surface area (TPSA) is 46.8 Å². The van der Waals surface area contributed by atoms with Crippen molar-refractivity contribution in [3.05, 3.63) is 70.5 Å². The summed E-state index contributed by atoms with van der Waals surface area (Å²) in [5.41, 5.74) is 6.25. The van der Waals surface area contributed by atoms with E-state index in [0.29, 0.717) is 0 Å². The predicted molar refractivity (Wildman–Crippen MR) is 107 cm³/mol. The average molecular weight is 361 g/mol. The van der Waals surface area contributed by atoms with E-state index in [9.17, 15) is 0 Å². The predicted octanol–water partition coefficient (Wildman–Crippen LogP) is 3.89. The Bertz CT molecular complexity index is 972. The quantitative estimate of drug-likeness (QED) is 0.710. The fourth-order valence-electron chi connectivity index (χ4n) is 4.25. The standard InChI is InChI=1S/C22H27N5/c1-6-16-12-9-10-15(2)19(16)27-21(23-24-25-27)20-18-13-8-7-11-17(18)14-22(3,4)26(20)5/h7-13,20H,6,14H2,1-5H3/t20-/m0/s1. The first-order valence-corrected chi connectivity index (χ1v) is 9.62. The largest absolute Gasteiger partial charge is 0.287 e. The molecule has 0 saturated carbocycles. The first-order chi connectivity index (χ1) is 12.9. The van der Waals surface area contributed by atoms with Gasteiger partial charge in [0.15, 0.2) is 5.82 Å². The van der Waals surface area contributed by atoms with E-state index in [1.165, 1.54) is 22.3 Å². The van der Waals surface area contributed by atoms with Crippen molar-refractivity contribution in [1.82, 2.24) is 25.1 Å². The number of nitrogens with zero attached hydrogens (tertiary/aromatic N) is 5. The minimum absolute atomic E-state index is 0.0178. The minimum Gasteiger partial charge on any atom is -0.287 e. The zero-order chi connectivity index (χ0) is 19.2. The summed E-state index contributed by atoms with van der Waals surface area (Å²) in [5, 5.41) is 13.0. The molecule has 27 heavy (non-hydrogen) atoms. The van der Waals surface area contributed by atoms with E-state index in [0.717, 1.165) is 24.4 Å². The van der Waals surface area contributed by atoms with Crippen LogP contribution in [0.5, 0.6) is 0 Å². The maximum atomic E-state index is 4.51. The highest BCUT2D eigenvalue weighted by atomic mass is 15.6. The van der Waals surface area contributed by atoms with Gasteiger partial charge in [-0.2, -0.15) is 4.68 Å². The SMILES string of the molecule is CCc1cccc(C)c1-n1nnnc1[C@@H]1c2ccccc2CC(C)(C)N1C. The summed E-state index contributed by atoms with van der Waals surface area (Å²) in [5.74, 6) is 0.877. The number of para-hydroxylation sites is 1. The molecule has 0 amide bonds. The van der Waals surface area contributed by atoms with Gasteiger partial charge in [-0.25, -0.2) is 0 Å². The Morgan fingerprint density at radius 3 is 2.67 bits per heavy atom. The lowest BCUT2D eigenvalue weighted by Gasteiger charge is -2.45. The summed E-state index contributed by atoms with van der Waals surface area (Å²) in [7, 11) is 2.18. The lowest BCUT2D eigenvalue weighted by molar-refractivity contribution is 0.0993. The maximum Gasteiger partial charge on any atom is 0.178 e. The number of tetrazole rings is 1. The van der Waals surface area contributed by atoms with Gasteiger partial charge in [0.1, 0.15) is 0 Å². The number of hydrogen-bond acceptors (Lipinski definition) is 4. The number of likely N-dealkylation sites (N-methyl/N-ethyl adjacent to an activating group) is 1. The maximum absolute atomic E-state index is 4.51. The van der Waals surface area contributed by atoms with Crippen molar-refractivity contribution >= 4 is 0 Å². The highest BCUT2D eigenvalue weighted by molar-refractivity contribution is 5.48. The van der Waals surface area contributed by atoms with Crippen LogP contribution in [0.15, 0.2) is 42.5 Å². The van der Waals surface area contributed by atoms with E-state index < -0.39 is 0 Å². The molecular weight excluding hydrogens is 334 g/mol. The Morgan fingerprint density at radius 1 is 1.11 bits per heavy atom. The molecule has 1 aromatic heterocycles. The second-order valence-corrected chi connectivity index (χ2v) is 8.09. The van der Waals surface area contributed by atoms with Crippen LogP contribution in [0.4, 0.5) is 0 Å². The number of fused-ring (bicyclic) bond motifs is 1. The van der Waals surface area contributed by atoms with E-state index in [-0.39, 0.29) is 11.6 Å². The highest BCUT2D eigenvalue weighted by Crippen LogP contribution is 2.40. The molecule has 1 atom stereocenters. The molecule has 0 radical (unpaired) electrons. The van der Waals surface area contributed by atoms with Gasteiger partial charge in [0.05, 0.1) is 11.7 Å². The first kappa shape index (κ1) is 17.9. The minimum atomic E-state index is 0.0178. The summed E-state index contributed by atoms with van der Waals surface area (Å²) >= 11 is 0. The third-order valence-corrected chi connectivity index (χ3v) is 5.97. The van der Waals surface area contributed by atoms with Crippen molar-refractivity contribution in [3.8, 4) is 5.69 Å². The summed E-state index contributed by atoms with van der Waals surface area (Å²) < 4.78 is 1.95. The van der Waals surface area contributed by atoms with Crippen molar-refractivity contribution in [2.24, 2.45) is 0 Å². The molecular formula is C22H27N5. The zero-order valence-electron chi connectivity index (χ0n) is 16.8. The van der Waals surface area contributed by atoms with Crippen LogP contribution >= 0.6 is 0 Å². The molecule has 5 heteroatoms. The molecule has 2 heterocycles. The summed E-state index contributed by atoms with van der Waals surface area (Å²) in [4.78, 5) is 2.40. The van der Waals surface area contributed by atoms with Gasteiger partial charge in [-0.15, -0.1) is 5.10 Å². The van der Waals surface area contributed by atoms with Crippen LogP contribution in [-0.2, 0) is 12.8 Å². The molecule has 1 aliphatic heterocycles. The second-order valence-electron chi connectivity index (χ2n) is 8.09. The van der Waals surface area contributed by atoms with E-state index in [4.69, 9.17) is 0 Å². The van der Waals surface area contributed by atoms with Gasteiger partial charge in [0, 0.05) is 5.54 Å². The van der Waals surface area contributed by atoms with Gasteiger partial charge in [-0.05, 0) is 73.3 Å². The lowest BCUT2D eigenvalue weighted by atomic mass is 9.81. The van der Waals surface area contributed by atoms with Crippen molar-refractivity contribution < 1.29 is 0 Å². The fraction of sp³-hybridized carbons (Fsp3) is 0.409. The van der Waals surface area contributed by atoms with Crippen LogP contribution in [0.3, 0.4) is 0 Å². The number of rotatable bonds is 3. The number of aromatic nitrogens is 4. The Balaban J connectivity index is 1.93. The van der Waals surface area contributed by atoms with Gasteiger partial charge in [-0.3, -0.25) is 4.90 Å². The lowest BCUT2D eigenvalue weighted by Crippen LogP contribution is -2.49. The van der Waals surface area contributed by atoms with Crippen LogP contribution in [0.1, 0.15) is 54.9 Å². The molecule has 0 spiro atoms. The molecule has 2 aromatic carbocycles. The van der Waals surface area contributed by atoms with Crippen LogP contribution in [-0.4, -0.2) is 37.7 Å². The molecule has 0 bridgehead atoms. The molecule has 5 nitrogen and oxygen atoms in total. The second kappa shape index (κ2) is 6.57. The van der Waals surface area contributed by atoms with Gasteiger partial charge in [0.25, 0.3) is 0 Å². The molecule has 0 aliphatic carbocycles. The molecule has 4 rings (SSSR count). The normalized spacial score (nSPS) is 19.1. The summed E-state index contributed by atoms with van der Waals surface area (Å²) in [6.45, 7) is 8.88.